The highest BCUT2D eigenvalue weighted by molar-refractivity contribution is 5.82. The van der Waals surface area contributed by atoms with Gasteiger partial charge >= 0.3 is 12.1 Å². The highest BCUT2D eigenvalue weighted by atomic mass is 16.6. The van der Waals surface area contributed by atoms with Crippen molar-refractivity contribution >= 4 is 12.1 Å². The smallest absolute Gasteiger partial charge is 0.408 e. The topological polar surface area (TPSA) is 73.9 Å². The summed E-state index contributed by atoms with van der Waals surface area (Å²) < 4.78 is 15.0. The van der Waals surface area contributed by atoms with Gasteiger partial charge in [-0.15, -0.1) is 0 Å². The Morgan fingerprint density at radius 1 is 1.00 bits per heavy atom. The van der Waals surface area contributed by atoms with Crippen molar-refractivity contribution in [3.05, 3.63) is 65.7 Å². The van der Waals surface area contributed by atoms with E-state index < -0.39 is 18.1 Å². The summed E-state index contributed by atoms with van der Waals surface area (Å²) >= 11 is 0. The van der Waals surface area contributed by atoms with Gasteiger partial charge in [0.1, 0.15) is 12.4 Å². The van der Waals surface area contributed by atoms with E-state index in [2.05, 4.69) is 5.32 Å². The maximum Gasteiger partial charge on any atom is 0.408 e. The molecule has 1 atom stereocenters. The summed E-state index contributed by atoms with van der Waals surface area (Å²) in [4.78, 5) is 23.9. The molecule has 1 amide bonds. The minimum atomic E-state index is -0.954. The Kier molecular flexibility index (Phi) is 6.19. The number of alkyl carbamates (subject to hydrolysis) is 1. The highest BCUT2D eigenvalue weighted by Gasteiger charge is 2.24. The molecule has 0 heterocycles. The first-order valence-corrected chi connectivity index (χ1v) is 7.33. The summed E-state index contributed by atoms with van der Waals surface area (Å²) in [6.45, 7) is 0.114. The Labute approximate surface area is 140 Å². The third-order valence-electron chi connectivity index (χ3n) is 3.36. The van der Waals surface area contributed by atoms with Crippen LogP contribution >= 0.6 is 0 Å². The van der Waals surface area contributed by atoms with Gasteiger partial charge < -0.3 is 19.5 Å². The van der Waals surface area contributed by atoms with Gasteiger partial charge in [-0.05, 0) is 23.3 Å². The van der Waals surface area contributed by atoms with Crippen LogP contribution in [0.1, 0.15) is 17.2 Å². The molecular formula is C18H19NO5. The van der Waals surface area contributed by atoms with Crippen molar-refractivity contribution in [2.75, 3.05) is 14.2 Å². The van der Waals surface area contributed by atoms with Gasteiger partial charge in [-0.3, -0.25) is 0 Å². The molecule has 0 fully saturated rings. The molecule has 24 heavy (non-hydrogen) atoms. The number of rotatable bonds is 6. The maximum atomic E-state index is 12.0. The quantitative estimate of drug-likeness (QED) is 0.825. The average molecular weight is 329 g/mol. The Hall–Kier alpha value is -3.02. The lowest BCUT2D eigenvalue weighted by Gasteiger charge is -2.17. The van der Waals surface area contributed by atoms with E-state index in [-0.39, 0.29) is 6.61 Å². The molecule has 2 aromatic rings. The van der Waals surface area contributed by atoms with Gasteiger partial charge in [0.2, 0.25) is 0 Å². The van der Waals surface area contributed by atoms with Crippen molar-refractivity contribution in [1.82, 2.24) is 5.32 Å². The van der Waals surface area contributed by atoms with Crippen LogP contribution in [0.4, 0.5) is 4.79 Å². The summed E-state index contributed by atoms with van der Waals surface area (Å²) in [5, 5.41) is 2.52. The van der Waals surface area contributed by atoms with Crippen molar-refractivity contribution in [3.8, 4) is 5.75 Å². The lowest BCUT2D eigenvalue weighted by Crippen LogP contribution is -2.34. The zero-order chi connectivity index (χ0) is 17.4. The molecule has 126 valence electrons. The van der Waals surface area contributed by atoms with Crippen molar-refractivity contribution in [1.29, 1.82) is 0 Å². The monoisotopic (exact) mass is 329 g/mol. The van der Waals surface area contributed by atoms with Gasteiger partial charge in [0.25, 0.3) is 0 Å². The first-order chi connectivity index (χ1) is 11.6. The summed E-state index contributed by atoms with van der Waals surface area (Å²) in [5.41, 5.74) is 1.42. The van der Waals surface area contributed by atoms with Crippen molar-refractivity contribution in [2.45, 2.75) is 12.6 Å². The minimum absolute atomic E-state index is 0.114. The molecule has 1 N–H and O–H groups in total. The third kappa shape index (κ3) is 4.74. The minimum Gasteiger partial charge on any atom is -0.497 e. The number of carbonyl (C=O) groups excluding carboxylic acids is 2. The fraction of sp³-hybridized carbons (Fsp3) is 0.222. The molecule has 6 nitrogen and oxygen atoms in total. The lowest BCUT2D eigenvalue weighted by molar-refractivity contribution is -0.143. The summed E-state index contributed by atoms with van der Waals surface area (Å²) in [5.74, 6) is 0.0610. The molecule has 2 aromatic carbocycles. The first kappa shape index (κ1) is 17.3. The number of esters is 1. The number of nitrogens with one attached hydrogen (secondary N) is 1. The van der Waals surface area contributed by atoms with Crippen LogP contribution in [0.2, 0.25) is 0 Å². The van der Waals surface area contributed by atoms with E-state index in [1.54, 1.807) is 31.4 Å². The second-order valence-electron chi connectivity index (χ2n) is 4.94. The van der Waals surface area contributed by atoms with Gasteiger partial charge in [-0.1, -0.05) is 42.5 Å². The van der Waals surface area contributed by atoms with Gasteiger partial charge in [0, 0.05) is 0 Å². The molecule has 0 spiro atoms. The second-order valence-corrected chi connectivity index (χ2v) is 4.94. The van der Waals surface area contributed by atoms with Gasteiger partial charge in [0.05, 0.1) is 14.2 Å². The van der Waals surface area contributed by atoms with E-state index in [1.165, 1.54) is 7.11 Å². The standard InChI is InChI=1S/C18H19NO5/c1-22-15-10-8-14(9-11-15)16(17(20)23-2)19-18(21)24-12-13-6-4-3-5-7-13/h3-11,16H,12H2,1-2H3,(H,19,21)/t16-/m1/s1. The Morgan fingerprint density at radius 3 is 2.25 bits per heavy atom. The first-order valence-electron chi connectivity index (χ1n) is 7.33. The molecular weight excluding hydrogens is 310 g/mol. The zero-order valence-electron chi connectivity index (χ0n) is 13.5. The highest BCUT2D eigenvalue weighted by Crippen LogP contribution is 2.19. The number of hydrogen-bond acceptors (Lipinski definition) is 5. The van der Waals surface area contributed by atoms with Crippen LogP contribution < -0.4 is 10.1 Å². The number of ether oxygens (including phenoxy) is 3. The maximum absolute atomic E-state index is 12.0. The second kappa shape index (κ2) is 8.57. The van der Waals surface area contributed by atoms with Crippen LogP contribution in [0, 0.1) is 0 Å². The molecule has 2 rings (SSSR count). The Bertz CT molecular complexity index is 670. The number of methoxy groups -OCH3 is 2. The molecule has 0 unspecified atom stereocenters. The van der Waals surface area contributed by atoms with Crippen LogP contribution in [-0.2, 0) is 20.9 Å². The van der Waals surface area contributed by atoms with Crippen LogP contribution in [0.3, 0.4) is 0 Å². The van der Waals surface area contributed by atoms with Crippen molar-refractivity contribution in [3.63, 3.8) is 0 Å². The zero-order valence-corrected chi connectivity index (χ0v) is 13.5. The lowest BCUT2D eigenvalue weighted by atomic mass is 10.1. The van der Waals surface area contributed by atoms with Crippen LogP contribution in [0.15, 0.2) is 54.6 Å². The van der Waals surface area contributed by atoms with E-state index in [4.69, 9.17) is 14.2 Å². The molecule has 6 heteroatoms. The number of hydrogen-bond donors (Lipinski definition) is 1. The number of amides is 1. The van der Waals surface area contributed by atoms with E-state index in [0.29, 0.717) is 11.3 Å². The molecule has 0 radical (unpaired) electrons. The van der Waals surface area contributed by atoms with Crippen LogP contribution in [0.25, 0.3) is 0 Å². The third-order valence-corrected chi connectivity index (χ3v) is 3.36. The van der Waals surface area contributed by atoms with E-state index in [9.17, 15) is 9.59 Å². The fourth-order valence-electron chi connectivity index (χ4n) is 2.08. The van der Waals surface area contributed by atoms with Gasteiger partial charge in [-0.25, -0.2) is 9.59 Å². The number of benzene rings is 2. The SMILES string of the molecule is COC(=O)[C@H](NC(=O)OCc1ccccc1)c1ccc(OC)cc1. The molecule has 0 aromatic heterocycles. The largest absolute Gasteiger partial charge is 0.497 e. The number of carbonyl (C=O) groups is 2. The van der Waals surface area contributed by atoms with Gasteiger partial charge in [0.15, 0.2) is 6.04 Å². The Morgan fingerprint density at radius 2 is 1.67 bits per heavy atom. The molecule has 0 saturated heterocycles. The molecule has 0 aliphatic heterocycles. The molecule has 0 aliphatic rings. The fourth-order valence-corrected chi connectivity index (χ4v) is 2.08. The summed E-state index contributed by atoms with van der Waals surface area (Å²) in [6, 6.07) is 15.1. The Balaban J connectivity index is 2.02. The summed E-state index contributed by atoms with van der Waals surface area (Å²) in [6.07, 6.45) is -0.704. The van der Waals surface area contributed by atoms with Crippen LogP contribution in [-0.4, -0.2) is 26.3 Å². The predicted octanol–water partition coefficient (Wildman–Crippen LogP) is 2.84. The van der Waals surface area contributed by atoms with Crippen molar-refractivity contribution < 1.29 is 23.8 Å². The summed E-state index contributed by atoms with van der Waals surface area (Å²) in [7, 11) is 2.81. The van der Waals surface area contributed by atoms with E-state index >= 15 is 0 Å². The molecule has 0 saturated carbocycles. The normalized spacial score (nSPS) is 11.2. The predicted molar refractivity (Wildman–Crippen MR) is 87.5 cm³/mol. The molecule has 0 bridgehead atoms. The van der Waals surface area contributed by atoms with Crippen molar-refractivity contribution in [2.24, 2.45) is 0 Å². The molecule has 0 aliphatic carbocycles. The average Bonchev–Trinajstić information content (AvgIpc) is 2.65. The van der Waals surface area contributed by atoms with Crippen LogP contribution in [0.5, 0.6) is 5.75 Å². The van der Waals surface area contributed by atoms with Gasteiger partial charge in [-0.2, -0.15) is 0 Å². The van der Waals surface area contributed by atoms with E-state index in [0.717, 1.165) is 5.56 Å². The van der Waals surface area contributed by atoms with E-state index in [1.807, 2.05) is 30.3 Å².